The van der Waals surface area contributed by atoms with Gasteiger partial charge in [-0.15, -0.1) is 0 Å². The number of aryl methyl sites for hydroxylation is 1. The zero-order valence-electron chi connectivity index (χ0n) is 12.4. The zero-order chi connectivity index (χ0) is 14.0. The Kier molecular flexibility index (Phi) is 4.16. The lowest BCUT2D eigenvalue weighted by molar-refractivity contribution is -0.0990. The Balaban J connectivity index is 2.49. The van der Waals surface area contributed by atoms with Crippen molar-refractivity contribution in [1.82, 2.24) is 0 Å². The summed E-state index contributed by atoms with van der Waals surface area (Å²) in [6.45, 7) is 8.75. The summed E-state index contributed by atoms with van der Waals surface area (Å²) < 4.78 is 11.1. The topological polar surface area (TPSA) is 44.5 Å². The van der Waals surface area contributed by atoms with Crippen molar-refractivity contribution in [3.05, 3.63) is 29.3 Å². The van der Waals surface area contributed by atoms with Crippen LogP contribution in [-0.4, -0.2) is 26.9 Å². The van der Waals surface area contributed by atoms with Crippen LogP contribution in [0.15, 0.2) is 18.2 Å². The molecule has 0 bridgehead atoms. The first-order valence-electron chi connectivity index (χ1n) is 6.98. The van der Waals surface area contributed by atoms with Gasteiger partial charge in [0.25, 0.3) is 0 Å². The summed E-state index contributed by atoms with van der Waals surface area (Å²) in [7, 11) is 1.73. The van der Waals surface area contributed by atoms with Gasteiger partial charge in [0.15, 0.2) is 0 Å². The van der Waals surface area contributed by atoms with E-state index in [0.717, 1.165) is 19.0 Å². The number of nitrogens with two attached hydrogens (primary N) is 1. The van der Waals surface area contributed by atoms with Crippen LogP contribution in [0, 0.1) is 18.8 Å². The quantitative estimate of drug-likeness (QED) is 0.887. The van der Waals surface area contributed by atoms with E-state index in [0.29, 0.717) is 18.4 Å². The molecule has 2 N–H and O–H groups in total. The van der Waals surface area contributed by atoms with Crippen molar-refractivity contribution in [2.75, 3.05) is 26.9 Å². The zero-order valence-corrected chi connectivity index (χ0v) is 12.4. The van der Waals surface area contributed by atoms with Gasteiger partial charge in [0.1, 0.15) is 5.75 Å². The second-order valence-corrected chi connectivity index (χ2v) is 5.94. The normalized spacial score (nSPS) is 19.1. The third kappa shape index (κ3) is 2.37. The third-order valence-electron chi connectivity index (χ3n) is 4.38. The van der Waals surface area contributed by atoms with Crippen molar-refractivity contribution in [3.8, 4) is 5.75 Å². The lowest BCUT2D eigenvalue weighted by Gasteiger charge is -2.49. The van der Waals surface area contributed by atoms with Crippen molar-refractivity contribution < 1.29 is 9.47 Å². The highest BCUT2D eigenvalue weighted by Gasteiger charge is 2.49. The molecule has 2 rings (SSSR count). The molecule has 106 valence electrons. The molecule has 1 aromatic carbocycles. The Morgan fingerprint density at radius 2 is 2.05 bits per heavy atom. The summed E-state index contributed by atoms with van der Waals surface area (Å²) in [5.41, 5.74) is 8.56. The van der Waals surface area contributed by atoms with Crippen LogP contribution in [0.25, 0.3) is 0 Å². The first kappa shape index (κ1) is 14.4. The van der Waals surface area contributed by atoms with Crippen molar-refractivity contribution in [2.24, 2.45) is 17.6 Å². The molecule has 1 aliphatic rings. The van der Waals surface area contributed by atoms with Gasteiger partial charge in [-0.2, -0.15) is 0 Å². The van der Waals surface area contributed by atoms with Gasteiger partial charge in [-0.05, 0) is 31.4 Å². The van der Waals surface area contributed by atoms with Gasteiger partial charge in [0.05, 0.1) is 20.3 Å². The maximum atomic E-state index is 6.04. The van der Waals surface area contributed by atoms with Crippen LogP contribution in [-0.2, 0) is 10.2 Å². The highest BCUT2D eigenvalue weighted by molar-refractivity contribution is 5.44. The Morgan fingerprint density at radius 1 is 1.37 bits per heavy atom. The van der Waals surface area contributed by atoms with Crippen molar-refractivity contribution in [3.63, 3.8) is 0 Å². The number of rotatable bonds is 5. The summed E-state index contributed by atoms with van der Waals surface area (Å²) in [4.78, 5) is 0. The second-order valence-electron chi connectivity index (χ2n) is 5.94. The lowest BCUT2D eigenvalue weighted by Crippen LogP contribution is -2.56. The molecule has 0 aliphatic carbocycles. The molecule has 19 heavy (non-hydrogen) atoms. The van der Waals surface area contributed by atoms with Crippen LogP contribution in [0.5, 0.6) is 5.75 Å². The number of benzene rings is 1. The molecule has 1 aliphatic heterocycles. The molecule has 1 atom stereocenters. The molecular weight excluding hydrogens is 238 g/mol. The van der Waals surface area contributed by atoms with Gasteiger partial charge in [-0.1, -0.05) is 31.5 Å². The van der Waals surface area contributed by atoms with E-state index in [4.69, 9.17) is 15.2 Å². The third-order valence-corrected chi connectivity index (χ3v) is 4.38. The minimum atomic E-state index is 0.0142. The predicted molar refractivity (Wildman–Crippen MR) is 77.6 cm³/mol. The van der Waals surface area contributed by atoms with Crippen LogP contribution >= 0.6 is 0 Å². The molecule has 1 saturated heterocycles. The van der Waals surface area contributed by atoms with E-state index in [1.165, 1.54) is 11.1 Å². The van der Waals surface area contributed by atoms with Crippen molar-refractivity contribution in [2.45, 2.75) is 26.2 Å². The first-order valence-corrected chi connectivity index (χ1v) is 6.98. The molecule has 0 amide bonds. The van der Waals surface area contributed by atoms with Gasteiger partial charge in [-0.3, -0.25) is 0 Å². The van der Waals surface area contributed by atoms with E-state index in [1.807, 2.05) is 0 Å². The fourth-order valence-electron chi connectivity index (χ4n) is 3.24. The Hall–Kier alpha value is -1.06. The maximum absolute atomic E-state index is 6.04. The summed E-state index contributed by atoms with van der Waals surface area (Å²) >= 11 is 0. The van der Waals surface area contributed by atoms with Gasteiger partial charge in [0, 0.05) is 11.0 Å². The summed E-state index contributed by atoms with van der Waals surface area (Å²) in [5.74, 6) is 1.89. The van der Waals surface area contributed by atoms with Crippen LogP contribution in [0.4, 0.5) is 0 Å². The number of hydrogen-bond donors (Lipinski definition) is 1. The average Bonchev–Trinajstić information content (AvgIpc) is 2.33. The van der Waals surface area contributed by atoms with Gasteiger partial charge >= 0.3 is 0 Å². The predicted octanol–water partition coefficient (Wildman–Crippen LogP) is 2.50. The van der Waals surface area contributed by atoms with Crippen LogP contribution in [0.2, 0.25) is 0 Å². The molecular formula is C16H25NO2. The first-order chi connectivity index (χ1) is 9.05. The summed E-state index contributed by atoms with van der Waals surface area (Å²) in [6.07, 6.45) is 0. The minimum absolute atomic E-state index is 0.0142. The van der Waals surface area contributed by atoms with Crippen molar-refractivity contribution in [1.29, 1.82) is 0 Å². The Morgan fingerprint density at radius 3 is 2.47 bits per heavy atom. The number of hydrogen-bond acceptors (Lipinski definition) is 3. The average molecular weight is 263 g/mol. The minimum Gasteiger partial charge on any atom is -0.496 e. The highest BCUT2D eigenvalue weighted by atomic mass is 16.5. The largest absolute Gasteiger partial charge is 0.496 e. The molecule has 1 heterocycles. The Bertz CT molecular complexity index is 438. The van der Waals surface area contributed by atoms with Gasteiger partial charge in [-0.25, -0.2) is 0 Å². The Labute approximate surface area is 116 Å². The van der Waals surface area contributed by atoms with E-state index in [2.05, 4.69) is 39.0 Å². The van der Waals surface area contributed by atoms with Gasteiger partial charge < -0.3 is 15.2 Å². The van der Waals surface area contributed by atoms with E-state index in [9.17, 15) is 0 Å². The van der Waals surface area contributed by atoms with E-state index < -0.39 is 0 Å². The molecule has 1 fully saturated rings. The molecule has 3 nitrogen and oxygen atoms in total. The van der Waals surface area contributed by atoms with Crippen LogP contribution in [0.3, 0.4) is 0 Å². The van der Waals surface area contributed by atoms with Gasteiger partial charge in [0.2, 0.25) is 0 Å². The molecule has 3 heteroatoms. The number of ether oxygens (including phenoxy) is 2. The van der Waals surface area contributed by atoms with Crippen LogP contribution in [0.1, 0.15) is 25.0 Å². The molecule has 0 saturated carbocycles. The monoisotopic (exact) mass is 263 g/mol. The lowest BCUT2D eigenvalue weighted by atomic mass is 9.64. The summed E-state index contributed by atoms with van der Waals surface area (Å²) in [5, 5.41) is 0. The molecule has 0 aromatic heterocycles. The standard InChI is InChI=1S/C16H25NO2/c1-11(2)14(8-17)16(9-19-10-16)13-7-12(3)5-6-15(13)18-4/h5-7,11,14H,8-10,17H2,1-4H3. The second kappa shape index (κ2) is 5.51. The van der Waals surface area contributed by atoms with E-state index >= 15 is 0 Å². The van der Waals surface area contributed by atoms with E-state index in [1.54, 1.807) is 7.11 Å². The highest BCUT2D eigenvalue weighted by Crippen LogP contribution is 2.46. The SMILES string of the molecule is COc1ccc(C)cc1C1(C(CN)C(C)C)COC1. The van der Waals surface area contributed by atoms with Crippen molar-refractivity contribution >= 4 is 0 Å². The molecule has 1 aromatic rings. The molecule has 1 unspecified atom stereocenters. The smallest absolute Gasteiger partial charge is 0.122 e. The van der Waals surface area contributed by atoms with Crippen LogP contribution < -0.4 is 10.5 Å². The fourth-order valence-corrected chi connectivity index (χ4v) is 3.24. The van der Waals surface area contributed by atoms with E-state index in [-0.39, 0.29) is 5.41 Å². The molecule has 0 radical (unpaired) electrons. The summed E-state index contributed by atoms with van der Waals surface area (Å²) in [6, 6.07) is 6.37. The maximum Gasteiger partial charge on any atom is 0.122 e. The number of methoxy groups -OCH3 is 1. The fraction of sp³-hybridized carbons (Fsp3) is 0.625. The molecule has 0 spiro atoms.